The molecule has 0 unspecified atom stereocenters. The first kappa shape index (κ1) is 26.0. The van der Waals surface area contributed by atoms with Crippen LogP contribution < -0.4 is 15.6 Å². The number of rotatable bonds is 12. The summed E-state index contributed by atoms with van der Waals surface area (Å²) in [6, 6.07) is 20.2. The molecule has 2 aromatic carbocycles. The molecule has 3 atom stereocenters. The molecule has 2 heterocycles. The Kier molecular flexibility index (Phi) is 7.98. The van der Waals surface area contributed by atoms with Gasteiger partial charge in [-0.3, -0.25) is 19.2 Å². The SMILES string of the molecule is COc1ccc(C[C@H](CC(=O)c2cccc(=O)[nH]2)C(=O)N[C@@H](Cc2ccccc2)C(=O)[C@@]2(C)CO2)cc1. The predicted molar refractivity (Wildman–Crippen MR) is 138 cm³/mol. The van der Waals surface area contributed by atoms with Crippen LogP contribution in [0, 0.1) is 5.92 Å². The number of Topliss-reactive ketones (excluding diaryl/α,β-unsaturated/α-hetero) is 2. The van der Waals surface area contributed by atoms with Crippen molar-refractivity contribution in [3.8, 4) is 5.75 Å². The molecule has 37 heavy (non-hydrogen) atoms. The predicted octanol–water partition coefficient (Wildman–Crippen LogP) is 2.90. The Hall–Kier alpha value is -4.04. The number of pyridine rings is 1. The second-order valence-electron chi connectivity index (χ2n) is 9.44. The van der Waals surface area contributed by atoms with Crippen LogP contribution >= 0.6 is 0 Å². The molecule has 2 N–H and O–H groups in total. The van der Waals surface area contributed by atoms with E-state index in [2.05, 4.69) is 10.3 Å². The largest absolute Gasteiger partial charge is 0.497 e. The van der Waals surface area contributed by atoms with E-state index in [1.165, 1.54) is 18.2 Å². The smallest absolute Gasteiger partial charge is 0.248 e. The summed E-state index contributed by atoms with van der Waals surface area (Å²) in [6.45, 7) is 2.02. The molecule has 1 aliphatic heterocycles. The van der Waals surface area contributed by atoms with Crippen LogP contribution in [-0.4, -0.2) is 47.8 Å². The van der Waals surface area contributed by atoms with Gasteiger partial charge in [0.2, 0.25) is 11.5 Å². The van der Waals surface area contributed by atoms with Crippen molar-refractivity contribution >= 4 is 17.5 Å². The number of nitrogens with one attached hydrogen (secondary N) is 2. The van der Waals surface area contributed by atoms with E-state index in [1.54, 1.807) is 26.2 Å². The third kappa shape index (κ3) is 6.80. The van der Waals surface area contributed by atoms with Crippen LogP contribution in [0.15, 0.2) is 77.6 Å². The van der Waals surface area contributed by atoms with Gasteiger partial charge in [-0.15, -0.1) is 0 Å². The van der Waals surface area contributed by atoms with Crippen LogP contribution in [0.3, 0.4) is 0 Å². The third-order valence-electron chi connectivity index (χ3n) is 6.53. The number of methoxy groups -OCH3 is 1. The van der Waals surface area contributed by atoms with E-state index in [1.807, 2.05) is 42.5 Å². The molecule has 1 amide bonds. The van der Waals surface area contributed by atoms with Crippen molar-refractivity contribution in [3.63, 3.8) is 0 Å². The molecule has 0 radical (unpaired) electrons. The Morgan fingerprint density at radius 3 is 2.27 bits per heavy atom. The first-order chi connectivity index (χ1) is 17.8. The maximum Gasteiger partial charge on any atom is 0.248 e. The summed E-state index contributed by atoms with van der Waals surface area (Å²) in [5.41, 5.74) is 0.551. The van der Waals surface area contributed by atoms with Gasteiger partial charge in [0.15, 0.2) is 11.6 Å². The van der Waals surface area contributed by atoms with Gasteiger partial charge in [0, 0.05) is 18.4 Å². The van der Waals surface area contributed by atoms with E-state index < -0.39 is 29.0 Å². The zero-order valence-electron chi connectivity index (χ0n) is 20.9. The molecular weight excluding hydrogens is 472 g/mol. The van der Waals surface area contributed by atoms with E-state index in [0.717, 1.165) is 11.1 Å². The monoisotopic (exact) mass is 502 g/mol. The highest BCUT2D eigenvalue weighted by Gasteiger charge is 2.50. The summed E-state index contributed by atoms with van der Waals surface area (Å²) in [5, 5.41) is 2.91. The van der Waals surface area contributed by atoms with Crippen molar-refractivity contribution in [2.75, 3.05) is 13.7 Å². The van der Waals surface area contributed by atoms with Crippen LogP contribution in [0.2, 0.25) is 0 Å². The number of ketones is 2. The Morgan fingerprint density at radius 1 is 0.973 bits per heavy atom. The van der Waals surface area contributed by atoms with E-state index in [9.17, 15) is 19.2 Å². The minimum atomic E-state index is -0.919. The topological polar surface area (TPSA) is 118 Å². The Balaban J connectivity index is 1.57. The third-order valence-corrected chi connectivity index (χ3v) is 6.53. The lowest BCUT2D eigenvalue weighted by Crippen LogP contribution is -2.49. The number of hydrogen-bond acceptors (Lipinski definition) is 6. The quantitative estimate of drug-likeness (QED) is 0.291. The van der Waals surface area contributed by atoms with Gasteiger partial charge in [0.25, 0.3) is 0 Å². The summed E-state index contributed by atoms with van der Waals surface area (Å²) >= 11 is 0. The van der Waals surface area contributed by atoms with Gasteiger partial charge in [0.1, 0.15) is 11.4 Å². The number of aromatic amines is 1. The molecule has 192 valence electrons. The Labute approximate surface area is 215 Å². The number of amides is 1. The van der Waals surface area contributed by atoms with Crippen molar-refractivity contribution in [1.29, 1.82) is 0 Å². The number of hydrogen-bond donors (Lipinski definition) is 2. The van der Waals surface area contributed by atoms with Gasteiger partial charge < -0.3 is 19.8 Å². The average molecular weight is 503 g/mol. The number of carbonyl (C=O) groups excluding carboxylic acids is 3. The number of H-pyrrole nitrogens is 1. The fourth-order valence-corrected chi connectivity index (χ4v) is 4.22. The zero-order chi connectivity index (χ0) is 26.4. The van der Waals surface area contributed by atoms with Gasteiger partial charge in [-0.2, -0.15) is 0 Å². The lowest BCUT2D eigenvalue weighted by molar-refractivity contribution is -0.132. The molecular formula is C29H30N2O6. The Bertz CT molecular complexity index is 1310. The summed E-state index contributed by atoms with van der Waals surface area (Å²) < 4.78 is 10.6. The fraction of sp³-hybridized carbons (Fsp3) is 0.310. The van der Waals surface area contributed by atoms with Gasteiger partial charge in [-0.1, -0.05) is 48.5 Å². The maximum absolute atomic E-state index is 13.6. The maximum atomic E-state index is 13.6. The summed E-state index contributed by atoms with van der Waals surface area (Å²) in [4.78, 5) is 54.1. The van der Waals surface area contributed by atoms with Crippen LogP contribution in [0.4, 0.5) is 0 Å². The first-order valence-corrected chi connectivity index (χ1v) is 12.2. The van der Waals surface area contributed by atoms with Crippen molar-refractivity contribution in [3.05, 3.63) is 100.0 Å². The molecule has 1 aromatic heterocycles. The molecule has 1 fully saturated rings. The molecule has 8 nitrogen and oxygen atoms in total. The average Bonchev–Trinajstić information content (AvgIpc) is 3.66. The summed E-state index contributed by atoms with van der Waals surface area (Å²) in [6.07, 6.45) is 0.427. The lowest BCUT2D eigenvalue weighted by Gasteiger charge is -2.23. The highest BCUT2D eigenvalue weighted by Crippen LogP contribution is 2.29. The highest BCUT2D eigenvalue weighted by atomic mass is 16.6. The molecule has 0 spiro atoms. The molecule has 4 rings (SSSR count). The van der Waals surface area contributed by atoms with Gasteiger partial charge in [-0.05, 0) is 49.1 Å². The van der Waals surface area contributed by atoms with Crippen LogP contribution in [-0.2, 0) is 27.2 Å². The molecule has 0 saturated carbocycles. The second-order valence-corrected chi connectivity index (χ2v) is 9.44. The molecule has 0 aliphatic carbocycles. The van der Waals surface area contributed by atoms with Crippen molar-refractivity contribution in [1.82, 2.24) is 10.3 Å². The van der Waals surface area contributed by atoms with Gasteiger partial charge in [0.05, 0.1) is 25.5 Å². The Morgan fingerprint density at radius 2 is 1.65 bits per heavy atom. The van der Waals surface area contributed by atoms with Gasteiger partial charge >= 0.3 is 0 Å². The summed E-state index contributed by atoms with van der Waals surface area (Å²) in [7, 11) is 1.57. The minimum Gasteiger partial charge on any atom is -0.497 e. The molecule has 1 saturated heterocycles. The molecule has 3 aromatic rings. The number of ether oxygens (including phenoxy) is 2. The number of benzene rings is 2. The number of carbonyl (C=O) groups is 3. The number of aromatic nitrogens is 1. The van der Waals surface area contributed by atoms with Crippen LogP contribution in [0.25, 0.3) is 0 Å². The first-order valence-electron chi connectivity index (χ1n) is 12.2. The van der Waals surface area contributed by atoms with E-state index >= 15 is 0 Å². The second kappa shape index (κ2) is 11.3. The van der Waals surface area contributed by atoms with Crippen molar-refractivity contribution in [2.45, 2.75) is 37.8 Å². The van der Waals surface area contributed by atoms with Gasteiger partial charge in [-0.25, -0.2) is 0 Å². The lowest BCUT2D eigenvalue weighted by atomic mass is 9.90. The van der Waals surface area contributed by atoms with Crippen LogP contribution in [0.1, 0.15) is 35.0 Å². The van der Waals surface area contributed by atoms with Crippen LogP contribution in [0.5, 0.6) is 5.75 Å². The minimum absolute atomic E-state index is 0.135. The zero-order valence-corrected chi connectivity index (χ0v) is 20.9. The normalized spacial score (nSPS) is 17.9. The standard InChI is InChI=1S/C29H30N2O6/c1-29(18-37-29)27(34)24(16-19-7-4-3-5-8-19)31-28(35)21(15-20-11-13-22(36-2)14-12-20)17-25(32)23-9-6-10-26(33)30-23/h3-14,21,24H,15-18H2,1-2H3,(H,30,33)(H,31,35)/t21-,24+,29-/m1/s1. The van der Waals surface area contributed by atoms with Crippen molar-refractivity contribution < 1.29 is 23.9 Å². The molecule has 8 heteroatoms. The van der Waals surface area contributed by atoms with E-state index in [-0.39, 0.29) is 30.1 Å². The summed E-state index contributed by atoms with van der Waals surface area (Å²) in [5.74, 6) is -1.08. The highest BCUT2D eigenvalue weighted by molar-refractivity contribution is 5.99. The number of epoxide rings is 1. The fourth-order valence-electron chi connectivity index (χ4n) is 4.22. The van der Waals surface area contributed by atoms with Crippen molar-refractivity contribution in [2.24, 2.45) is 5.92 Å². The van der Waals surface area contributed by atoms with E-state index in [0.29, 0.717) is 18.8 Å². The molecule has 0 bridgehead atoms. The van der Waals surface area contributed by atoms with E-state index in [4.69, 9.17) is 9.47 Å². The molecule has 1 aliphatic rings.